The van der Waals surface area contributed by atoms with Gasteiger partial charge < -0.3 is 30.5 Å². The van der Waals surface area contributed by atoms with Crippen LogP contribution in [0.15, 0.2) is 29.3 Å². The number of aromatic hydroxyl groups is 1. The predicted molar refractivity (Wildman–Crippen MR) is 158 cm³/mol. The van der Waals surface area contributed by atoms with E-state index >= 15 is 4.39 Å². The van der Waals surface area contributed by atoms with Gasteiger partial charge in [0.15, 0.2) is 11.6 Å². The summed E-state index contributed by atoms with van der Waals surface area (Å²) in [5.74, 6) is -8.33. The number of pyridine rings is 1. The van der Waals surface area contributed by atoms with E-state index in [1.165, 1.54) is 12.3 Å². The van der Waals surface area contributed by atoms with Gasteiger partial charge in [0, 0.05) is 56.1 Å². The molecule has 244 valence electrons. The van der Waals surface area contributed by atoms with E-state index in [2.05, 4.69) is 20.2 Å². The zero-order chi connectivity index (χ0) is 33.8. The molecule has 0 bridgehead atoms. The number of phenols is 1. The number of piperazine rings is 1. The third-order valence-corrected chi connectivity index (χ3v) is 7.94. The van der Waals surface area contributed by atoms with Crippen molar-refractivity contribution in [1.29, 1.82) is 0 Å². The summed E-state index contributed by atoms with van der Waals surface area (Å²) in [7, 11) is 2.76. The van der Waals surface area contributed by atoms with Gasteiger partial charge in [-0.2, -0.15) is 17.6 Å². The Kier molecular flexibility index (Phi) is 8.41. The quantitative estimate of drug-likeness (QED) is 0.265. The zero-order valence-electron chi connectivity index (χ0n) is 24.4. The van der Waals surface area contributed by atoms with E-state index in [0.717, 1.165) is 30.9 Å². The molecule has 2 amide bonds. The van der Waals surface area contributed by atoms with Crippen molar-refractivity contribution in [3.8, 4) is 16.9 Å². The van der Waals surface area contributed by atoms with Crippen LogP contribution in [0, 0.1) is 11.6 Å². The monoisotopic (exact) mass is 668 g/mol. The fraction of sp³-hybridized carbons (Fsp3) is 0.321. The third kappa shape index (κ3) is 5.82. The molecule has 4 N–H and O–H groups in total. The van der Waals surface area contributed by atoms with Gasteiger partial charge in [0.05, 0.1) is 27.9 Å². The van der Waals surface area contributed by atoms with Crippen LogP contribution in [0.3, 0.4) is 0 Å². The number of anilines is 2. The Balaban J connectivity index is 1.60. The van der Waals surface area contributed by atoms with Crippen molar-refractivity contribution in [2.24, 2.45) is 12.8 Å². The van der Waals surface area contributed by atoms with Gasteiger partial charge in [0.25, 0.3) is 11.5 Å². The number of amides is 2. The first-order valence-electron chi connectivity index (χ1n) is 13.6. The summed E-state index contributed by atoms with van der Waals surface area (Å²) >= 11 is 6.29. The molecule has 12 nitrogen and oxygen atoms in total. The predicted octanol–water partition coefficient (Wildman–Crippen LogP) is 3.33. The number of rotatable bonds is 6. The number of fused-ring (bicyclic) bond motifs is 1. The molecule has 1 aliphatic heterocycles. The summed E-state index contributed by atoms with van der Waals surface area (Å²) in [6.45, 7) is 3.40. The molecule has 0 saturated carbocycles. The number of nitrogens with two attached hydrogens (primary N) is 1. The highest BCUT2D eigenvalue weighted by molar-refractivity contribution is 6.33. The Labute approximate surface area is 261 Å². The molecular weight excluding hydrogens is 643 g/mol. The van der Waals surface area contributed by atoms with Gasteiger partial charge in [0.2, 0.25) is 17.5 Å². The lowest BCUT2D eigenvalue weighted by Crippen LogP contribution is -2.50. The van der Waals surface area contributed by atoms with Crippen LogP contribution in [0.2, 0.25) is 5.02 Å². The van der Waals surface area contributed by atoms with Crippen molar-refractivity contribution < 1.29 is 36.6 Å². The Bertz CT molecular complexity index is 1960. The van der Waals surface area contributed by atoms with Gasteiger partial charge in [0.1, 0.15) is 18.0 Å². The average Bonchev–Trinajstić information content (AvgIpc) is 3.32. The molecule has 5 rings (SSSR count). The Morgan fingerprint density at radius 1 is 1.15 bits per heavy atom. The first-order valence-corrected chi connectivity index (χ1v) is 14.0. The summed E-state index contributed by atoms with van der Waals surface area (Å²) in [5.41, 5.74) is 1.13. The van der Waals surface area contributed by atoms with Crippen molar-refractivity contribution in [1.82, 2.24) is 24.0 Å². The summed E-state index contributed by atoms with van der Waals surface area (Å²) < 4.78 is 72.3. The molecule has 0 spiro atoms. The lowest BCUT2D eigenvalue weighted by molar-refractivity contribution is -0.147. The minimum Gasteiger partial charge on any atom is -0.504 e. The lowest BCUT2D eigenvalue weighted by Gasteiger charge is -2.39. The van der Waals surface area contributed by atoms with E-state index in [4.69, 9.17) is 17.3 Å². The number of primary amides is 1. The molecule has 1 aromatic carbocycles. The number of aromatic nitrogens is 4. The Morgan fingerprint density at radius 2 is 1.85 bits per heavy atom. The maximum absolute atomic E-state index is 15.2. The smallest absolute Gasteiger partial charge is 0.449 e. The van der Waals surface area contributed by atoms with Gasteiger partial charge in [-0.1, -0.05) is 11.6 Å². The van der Waals surface area contributed by atoms with Gasteiger partial charge in [-0.05, 0) is 20.0 Å². The SMILES string of the molecule is C[C@H]1CN(C)CCN1c1cc(NC(=O)Cn2cc(-c3cc(C(N)=O)c(O)c(F)c3F)c3c(=O)n(C)c(C(F)(F)F)nc32)c(Cl)cn1. The topological polar surface area (TPSA) is 152 Å². The van der Waals surface area contributed by atoms with Crippen LogP contribution in [0.1, 0.15) is 23.1 Å². The highest BCUT2D eigenvalue weighted by atomic mass is 35.5. The lowest BCUT2D eigenvalue weighted by atomic mass is 10.0. The van der Waals surface area contributed by atoms with Gasteiger partial charge >= 0.3 is 6.18 Å². The fourth-order valence-corrected chi connectivity index (χ4v) is 5.55. The summed E-state index contributed by atoms with van der Waals surface area (Å²) in [6, 6.07) is 2.26. The zero-order valence-corrected chi connectivity index (χ0v) is 25.2. The molecule has 18 heteroatoms. The van der Waals surface area contributed by atoms with Crippen LogP contribution in [0.4, 0.5) is 33.5 Å². The molecular formula is C28H26ClF5N8O4. The van der Waals surface area contributed by atoms with E-state index in [0.29, 0.717) is 18.4 Å². The van der Waals surface area contributed by atoms with Crippen LogP contribution in [-0.4, -0.2) is 73.6 Å². The number of likely N-dealkylation sites (N-methyl/N-ethyl adjacent to an activating group) is 1. The maximum Gasteiger partial charge on any atom is 0.449 e. The molecule has 4 heterocycles. The van der Waals surface area contributed by atoms with Crippen molar-refractivity contribution >= 4 is 46.0 Å². The minimum atomic E-state index is -5.12. The number of halogens is 6. The number of carbonyl (C=O) groups is 2. The first-order chi connectivity index (χ1) is 21.5. The number of nitrogens with one attached hydrogen (secondary N) is 1. The van der Waals surface area contributed by atoms with Crippen LogP contribution < -0.4 is 21.5 Å². The normalized spacial score (nSPS) is 15.8. The van der Waals surface area contributed by atoms with Crippen LogP contribution in [-0.2, 0) is 24.6 Å². The molecule has 46 heavy (non-hydrogen) atoms. The molecule has 1 fully saturated rings. The molecule has 1 saturated heterocycles. The molecule has 0 unspecified atom stereocenters. The largest absolute Gasteiger partial charge is 0.504 e. The van der Waals surface area contributed by atoms with Gasteiger partial charge in [-0.25, -0.2) is 14.4 Å². The van der Waals surface area contributed by atoms with E-state index in [-0.39, 0.29) is 21.3 Å². The van der Waals surface area contributed by atoms with Crippen LogP contribution in [0.5, 0.6) is 5.75 Å². The highest BCUT2D eigenvalue weighted by Gasteiger charge is 2.38. The van der Waals surface area contributed by atoms with E-state index in [9.17, 15) is 37.1 Å². The Hall–Kier alpha value is -4.77. The molecule has 3 aromatic heterocycles. The van der Waals surface area contributed by atoms with Crippen LogP contribution in [0.25, 0.3) is 22.2 Å². The summed E-state index contributed by atoms with van der Waals surface area (Å²) in [6.07, 6.45) is -2.87. The van der Waals surface area contributed by atoms with Crippen molar-refractivity contribution in [3.05, 3.63) is 62.9 Å². The second-order valence-electron chi connectivity index (χ2n) is 10.9. The molecule has 1 atom stereocenters. The van der Waals surface area contributed by atoms with E-state index in [1.54, 1.807) is 0 Å². The van der Waals surface area contributed by atoms with Gasteiger partial charge in [-0.3, -0.25) is 19.0 Å². The first kappa shape index (κ1) is 32.6. The number of carbonyl (C=O) groups excluding carboxylic acids is 2. The second-order valence-corrected chi connectivity index (χ2v) is 11.3. The number of hydrogen-bond donors (Lipinski definition) is 3. The van der Waals surface area contributed by atoms with Crippen molar-refractivity contribution in [3.63, 3.8) is 0 Å². The third-order valence-electron chi connectivity index (χ3n) is 7.64. The summed E-state index contributed by atoms with van der Waals surface area (Å²) in [4.78, 5) is 50.4. The molecule has 0 radical (unpaired) electrons. The standard InChI is InChI=1S/C28H26ClF5N8O4/c1-12-9-39(2)4-5-42(12)18-7-17(16(29)8-36-18)37-19(43)11-41-10-15(13-6-14(24(35)45)23(44)22(31)21(13)30)20-25(41)38-27(28(32,33)34)40(3)26(20)46/h6-8,10,12,44H,4-5,9,11H2,1-3H3,(H2,35,45)(H,36,37,43)/t12-/m0/s1. The molecule has 1 aliphatic rings. The minimum absolute atomic E-state index is 0.0592. The highest BCUT2D eigenvalue weighted by Crippen LogP contribution is 2.37. The van der Waals surface area contributed by atoms with Crippen molar-refractivity contribution in [2.45, 2.75) is 25.7 Å². The van der Waals surface area contributed by atoms with E-state index < -0.39 is 81.0 Å². The fourth-order valence-electron chi connectivity index (χ4n) is 5.40. The van der Waals surface area contributed by atoms with Crippen LogP contribution >= 0.6 is 11.6 Å². The van der Waals surface area contributed by atoms with Crippen molar-refractivity contribution in [2.75, 3.05) is 36.9 Å². The van der Waals surface area contributed by atoms with E-state index in [1.807, 2.05) is 18.9 Å². The Morgan fingerprint density at radius 3 is 2.48 bits per heavy atom. The van der Waals surface area contributed by atoms with Gasteiger partial charge in [-0.15, -0.1) is 0 Å². The molecule has 0 aliphatic carbocycles. The number of benzene rings is 1. The second kappa shape index (κ2) is 11.9. The summed E-state index contributed by atoms with van der Waals surface area (Å²) in [5, 5.41) is 11.9. The number of nitrogens with zero attached hydrogens (tertiary/aromatic N) is 6. The molecule has 4 aromatic rings. The number of hydrogen-bond acceptors (Lipinski definition) is 8. The number of alkyl halides is 3. The average molecular weight is 669 g/mol. The maximum atomic E-state index is 15.2.